The predicted molar refractivity (Wildman–Crippen MR) is 278 cm³/mol. The van der Waals surface area contributed by atoms with Gasteiger partial charge in [-0.2, -0.15) is 0 Å². The van der Waals surface area contributed by atoms with Crippen molar-refractivity contribution < 1.29 is 19.7 Å². The van der Waals surface area contributed by atoms with Crippen LogP contribution in [0.3, 0.4) is 0 Å². The van der Waals surface area contributed by atoms with E-state index in [-0.39, 0.29) is 23.0 Å². The number of aromatic hydroxyl groups is 2. The van der Waals surface area contributed by atoms with Gasteiger partial charge in [0.15, 0.2) is 11.5 Å². The number of hydrogen-bond donors (Lipinski definition) is 2. The van der Waals surface area contributed by atoms with E-state index in [1.54, 1.807) is 6.92 Å². The third-order valence-corrected chi connectivity index (χ3v) is 12.1. The highest BCUT2D eigenvalue weighted by atomic mass is 16.5. The van der Waals surface area contributed by atoms with Gasteiger partial charge in [0.1, 0.15) is 0 Å². The first kappa shape index (κ1) is 56.8. The SMILES string of the molecule is COc1c(O)c(C)c(C/C=C(\C)CC/C=C(\C)CC/C=C(\C)CC/C=C(/C)CC/C=C(\C)CC/C=C(/C)CC/C=C(\C)CC/C=C(\C)CC/C=C(/C)CCC=C(C)C)c(O)c1OC. The van der Waals surface area contributed by atoms with Gasteiger partial charge in [0.05, 0.1) is 14.2 Å². The second kappa shape index (κ2) is 33.3. The molecule has 0 fully saturated rings. The first-order valence-corrected chi connectivity index (χ1v) is 24.2. The molecule has 0 atom stereocenters. The maximum Gasteiger partial charge on any atom is 0.207 e. The highest BCUT2D eigenvalue weighted by molar-refractivity contribution is 5.66. The molecule has 0 bridgehead atoms. The van der Waals surface area contributed by atoms with E-state index in [9.17, 15) is 10.2 Å². The zero-order chi connectivity index (χ0) is 47.2. The number of rotatable bonds is 31. The summed E-state index contributed by atoms with van der Waals surface area (Å²) in [5.41, 5.74) is 15.9. The van der Waals surface area contributed by atoms with Crippen LogP contribution in [0.5, 0.6) is 23.0 Å². The third kappa shape index (κ3) is 26.3. The Hall–Kier alpha value is -4.18. The fourth-order valence-electron chi connectivity index (χ4n) is 7.62. The Labute approximate surface area is 388 Å². The van der Waals surface area contributed by atoms with Crippen molar-refractivity contribution >= 4 is 0 Å². The van der Waals surface area contributed by atoms with E-state index in [0.717, 1.165) is 96.3 Å². The van der Waals surface area contributed by atoms with Crippen molar-refractivity contribution in [3.8, 4) is 23.0 Å². The van der Waals surface area contributed by atoms with Gasteiger partial charge < -0.3 is 19.7 Å². The van der Waals surface area contributed by atoms with Crippen molar-refractivity contribution in [3.63, 3.8) is 0 Å². The lowest BCUT2D eigenvalue weighted by atomic mass is 9.99. The van der Waals surface area contributed by atoms with Gasteiger partial charge in [-0.3, -0.25) is 0 Å². The molecule has 1 rings (SSSR count). The van der Waals surface area contributed by atoms with Crippen molar-refractivity contribution in [1.29, 1.82) is 0 Å². The zero-order valence-electron chi connectivity index (χ0n) is 42.9. The number of hydrogen-bond acceptors (Lipinski definition) is 4. The Morgan fingerprint density at radius 3 is 0.810 bits per heavy atom. The number of allylic oxidation sites excluding steroid dienone is 20. The van der Waals surface area contributed by atoms with E-state index < -0.39 is 0 Å². The van der Waals surface area contributed by atoms with Crippen LogP contribution < -0.4 is 9.47 Å². The van der Waals surface area contributed by atoms with Crippen molar-refractivity contribution in [2.24, 2.45) is 0 Å². The zero-order valence-corrected chi connectivity index (χ0v) is 42.9. The number of benzene rings is 1. The standard InChI is InChI=1S/C59H92O4/c1-44(2)24-15-25-45(3)26-16-27-46(4)28-17-29-47(5)30-18-31-48(6)32-19-33-49(7)34-20-35-50(8)36-21-37-51(9)38-22-39-52(10)40-23-41-53(11)42-43-55-54(12)56(60)58(62-13)59(63-14)57(55)61/h24,26,28,30,32,34,36,38,40,42,60-61H,15-23,25,27,29,31,33,35,37,39,41,43H2,1-14H3/b45-26-,46-28+,47-30+,48-32-,49-34+,50-36-,51-38+,52-40+,53-42+. The first-order valence-electron chi connectivity index (χ1n) is 24.2. The first-order chi connectivity index (χ1) is 30.0. The summed E-state index contributed by atoms with van der Waals surface area (Å²) < 4.78 is 10.5. The van der Waals surface area contributed by atoms with Gasteiger partial charge in [-0.05, 0) is 205 Å². The number of ether oxygens (including phenoxy) is 2. The summed E-state index contributed by atoms with van der Waals surface area (Å²) in [6.45, 7) is 26.5. The number of phenolic OH excluding ortho intramolecular Hbond substituents is 2. The molecule has 63 heavy (non-hydrogen) atoms. The van der Waals surface area contributed by atoms with Crippen LogP contribution in [0.25, 0.3) is 0 Å². The smallest absolute Gasteiger partial charge is 0.207 e. The molecule has 1 aromatic rings. The predicted octanol–water partition coefficient (Wildman–Crippen LogP) is 18.5. The van der Waals surface area contributed by atoms with Crippen LogP contribution in [0.4, 0.5) is 0 Å². The topological polar surface area (TPSA) is 58.9 Å². The molecular weight excluding hydrogens is 773 g/mol. The van der Waals surface area contributed by atoms with Crippen molar-refractivity contribution in [1.82, 2.24) is 0 Å². The van der Waals surface area contributed by atoms with Crippen LogP contribution in [0.2, 0.25) is 0 Å². The van der Waals surface area contributed by atoms with Crippen molar-refractivity contribution in [2.45, 2.75) is 205 Å². The summed E-state index contributed by atoms with van der Waals surface area (Å²) in [6, 6.07) is 0. The number of methoxy groups -OCH3 is 2. The average Bonchev–Trinajstić information content (AvgIpc) is 3.21. The molecule has 0 aliphatic heterocycles. The highest BCUT2D eigenvalue weighted by Crippen LogP contribution is 2.48. The van der Waals surface area contributed by atoms with Gasteiger partial charge in [-0.1, -0.05) is 116 Å². The summed E-state index contributed by atoms with van der Waals surface area (Å²) in [5.74, 6) is 0.356. The van der Waals surface area contributed by atoms with Gasteiger partial charge in [0, 0.05) is 11.1 Å². The van der Waals surface area contributed by atoms with E-state index in [2.05, 4.69) is 137 Å². The molecule has 0 aromatic heterocycles. The van der Waals surface area contributed by atoms with Crippen molar-refractivity contribution in [3.05, 3.63) is 128 Å². The van der Waals surface area contributed by atoms with Gasteiger partial charge in [-0.15, -0.1) is 0 Å². The minimum Gasteiger partial charge on any atom is -0.504 e. The molecule has 0 aliphatic carbocycles. The van der Waals surface area contributed by atoms with Crippen LogP contribution in [-0.4, -0.2) is 24.4 Å². The molecule has 1 aromatic carbocycles. The van der Waals surface area contributed by atoms with Crippen LogP contribution in [0.1, 0.15) is 203 Å². The molecule has 0 unspecified atom stereocenters. The molecule has 0 heterocycles. The molecule has 2 N–H and O–H groups in total. The van der Waals surface area contributed by atoms with E-state index in [1.807, 2.05) is 0 Å². The molecule has 0 saturated heterocycles. The lowest BCUT2D eigenvalue weighted by molar-refractivity contribution is 0.314. The Morgan fingerprint density at radius 1 is 0.349 bits per heavy atom. The molecule has 352 valence electrons. The van der Waals surface area contributed by atoms with E-state index in [1.165, 1.54) is 89.2 Å². The Morgan fingerprint density at radius 2 is 0.571 bits per heavy atom. The Bertz CT molecular complexity index is 1840. The van der Waals surface area contributed by atoms with E-state index in [4.69, 9.17) is 9.47 Å². The molecule has 0 aliphatic rings. The van der Waals surface area contributed by atoms with Crippen LogP contribution in [0, 0.1) is 6.92 Å². The second-order valence-corrected chi connectivity index (χ2v) is 18.7. The average molecular weight is 865 g/mol. The normalized spacial score (nSPS) is 14.2. The number of phenols is 2. The van der Waals surface area contributed by atoms with Gasteiger partial charge in [0.25, 0.3) is 0 Å². The largest absolute Gasteiger partial charge is 0.504 e. The third-order valence-electron chi connectivity index (χ3n) is 12.1. The van der Waals surface area contributed by atoms with Crippen LogP contribution >= 0.6 is 0 Å². The maximum absolute atomic E-state index is 10.7. The highest BCUT2D eigenvalue weighted by Gasteiger charge is 2.22. The minimum absolute atomic E-state index is 0.00634. The quantitative estimate of drug-likeness (QED) is 0.0577. The van der Waals surface area contributed by atoms with E-state index >= 15 is 0 Å². The van der Waals surface area contributed by atoms with Gasteiger partial charge in [0.2, 0.25) is 11.5 Å². The van der Waals surface area contributed by atoms with Gasteiger partial charge in [-0.25, -0.2) is 0 Å². The van der Waals surface area contributed by atoms with E-state index in [0.29, 0.717) is 17.5 Å². The molecule has 4 nitrogen and oxygen atoms in total. The molecule has 4 heteroatoms. The monoisotopic (exact) mass is 865 g/mol. The maximum atomic E-state index is 10.7. The van der Waals surface area contributed by atoms with Gasteiger partial charge >= 0.3 is 0 Å². The Balaban J connectivity index is 2.32. The molecule has 0 radical (unpaired) electrons. The van der Waals surface area contributed by atoms with Crippen LogP contribution in [-0.2, 0) is 6.42 Å². The van der Waals surface area contributed by atoms with Crippen molar-refractivity contribution in [2.75, 3.05) is 14.2 Å². The summed E-state index contributed by atoms with van der Waals surface area (Å²) in [4.78, 5) is 0. The summed E-state index contributed by atoms with van der Waals surface area (Å²) >= 11 is 0. The summed E-state index contributed by atoms with van der Waals surface area (Å²) in [7, 11) is 2.91. The molecular formula is C59H92O4. The summed E-state index contributed by atoms with van der Waals surface area (Å²) in [6.07, 6.45) is 44.6. The van der Waals surface area contributed by atoms with Crippen LogP contribution in [0.15, 0.2) is 116 Å². The Kier molecular flexibility index (Phi) is 30.1. The lowest BCUT2D eigenvalue weighted by Gasteiger charge is -2.17. The summed E-state index contributed by atoms with van der Waals surface area (Å²) in [5, 5.41) is 21.3. The fourth-order valence-corrected chi connectivity index (χ4v) is 7.62. The molecule has 0 saturated carbocycles. The second-order valence-electron chi connectivity index (χ2n) is 18.7. The fraction of sp³-hybridized carbons (Fsp3) is 0.559. The minimum atomic E-state index is 0.00634. The molecule has 0 amide bonds. The lowest BCUT2D eigenvalue weighted by Crippen LogP contribution is -1.98. The molecule has 0 spiro atoms.